The first-order chi connectivity index (χ1) is 7.70. The number of amides is 1. The van der Waals surface area contributed by atoms with Crippen LogP contribution in [-0.4, -0.2) is 18.6 Å². The van der Waals surface area contributed by atoms with E-state index < -0.39 is 0 Å². The molecule has 0 unspecified atom stereocenters. The van der Waals surface area contributed by atoms with Gasteiger partial charge in [0.25, 0.3) is 5.91 Å². The molecular weight excluding hydrogens is 204 g/mol. The highest BCUT2D eigenvalue weighted by Crippen LogP contribution is 2.24. The third-order valence-corrected chi connectivity index (χ3v) is 2.49. The molecule has 4 heteroatoms. The van der Waals surface area contributed by atoms with Crippen molar-refractivity contribution in [2.45, 2.75) is 25.8 Å². The predicted octanol–water partition coefficient (Wildman–Crippen LogP) is 1.56. The number of hydrogen-bond donors (Lipinski definition) is 2. The number of carbonyl (C=O) groups excluding carboxylic acids is 1. The maximum Gasteiger partial charge on any atom is 0.251 e. The highest BCUT2D eigenvalue weighted by atomic mass is 16.5. The molecule has 1 aliphatic rings. The third kappa shape index (κ3) is 2.45. The molecule has 0 aromatic heterocycles. The van der Waals surface area contributed by atoms with Crippen LogP contribution in [0, 0.1) is 0 Å². The normalized spacial score (nSPS) is 14.6. The maximum absolute atomic E-state index is 11.8. The highest BCUT2D eigenvalue weighted by Gasteiger charge is 2.24. The van der Waals surface area contributed by atoms with Crippen molar-refractivity contribution in [3.05, 3.63) is 23.8 Å². The molecule has 0 bridgehead atoms. The van der Waals surface area contributed by atoms with E-state index >= 15 is 0 Å². The van der Waals surface area contributed by atoms with Gasteiger partial charge in [-0.2, -0.15) is 0 Å². The minimum absolute atomic E-state index is 0.0524. The summed E-state index contributed by atoms with van der Waals surface area (Å²) in [5.74, 6) is 0.523. The Labute approximate surface area is 94.8 Å². The lowest BCUT2D eigenvalue weighted by Gasteiger charge is -2.09. The smallest absolute Gasteiger partial charge is 0.251 e. The zero-order valence-electron chi connectivity index (χ0n) is 9.32. The summed E-state index contributed by atoms with van der Waals surface area (Å²) in [4.78, 5) is 11.8. The van der Waals surface area contributed by atoms with Crippen LogP contribution in [0.5, 0.6) is 5.75 Å². The average Bonchev–Trinajstić information content (AvgIpc) is 3.05. The standard InChI is InChI=1S/C12H16N2O2/c1-2-16-11-7-8(3-6-10(11)13)12(15)14-9-4-5-9/h3,6-7,9H,2,4-5,13H2,1H3,(H,14,15). The Bertz CT molecular complexity index is 400. The van der Waals surface area contributed by atoms with Gasteiger partial charge in [-0.25, -0.2) is 0 Å². The summed E-state index contributed by atoms with van der Waals surface area (Å²) < 4.78 is 5.34. The molecule has 1 fully saturated rings. The number of anilines is 1. The van der Waals surface area contributed by atoms with E-state index in [1.165, 1.54) is 0 Å². The maximum atomic E-state index is 11.8. The number of nitrogens with one attached hydrogen (secondary N) is 1. The van der Waals surface area contributed by atoms with E-state index in [4.69, 9.17) is 10.5 Å². The molecular formula is C12H16N2O2. The van der Waals surface area contributed by atoms with Crippen molar-refractivity contribution in [1.82, 2.24) is 5.32 Å². The van der Waals surface area contributed by atoms with Gasteiger partial charge in [0.1, 0.15) is 5.75 Å². The van der Waals surface area contributed by atoms with Gasteiger partial charge in [0.2, 0.25) is 0 Å². The summed E-state index contributed by atoms with van der Waals surface area (Å²) in [5, 5.41) is 2.92. The summed E-state index contributed by atoms with van der Waals surface area (Å²) in [7, 11) is 0. The number of nitrogen functional groups attached to an aromatic ring is 1. The zero-order valence-corrected chi connectivity index (χ0v) is 9.32. The number of hydrogen-bond acceptors (Lipinski definition) is 3. The quantitative estimate of drug-likeness (QED) is 0.757. The first-order valence-electron chi connectivity index (χ1n) is 5.54. The number of carbonyl (C=O) groups is 1. The van der Waals surface area contributed by atoms with Crippen LogP contribution in [0.1, 0.15) is 30.1 Å². The number of nitrogens with two attached hydrogens (primary N) is 1. The first-order valence-corrected chi connectivity index (χ1v) is 5.54. The van der Waals surface area contributed by atoms with Crippen LogP contribution < -0.4 is 15.8 Å². The van der Waals surface area contributed by atoms with Crippen molar-refractivity contribution in [3.63, 3.8) is 0 Å². The Morgan fingerprint density at radius 1 is 1.56 bits per heavy atom. The van der Waals surface area contributed by atoms with Crippen molar-refractivity contribution in [3.8, 4) is 5.75 Å². The van der Waals surface area contributed by atoms with Gasteiger partial charge < -0.3 is 15.8 Å². The van der Waals surface area contributed by atoms with E-state index in [1.54, 1.807) is 18.2 Å². The van der Waals surface area contributed by atoms with Crippen LogP contribution in [0.15, 0.2) is 18.2 Å². The zero-order chi connectivity index (χ0) is 11.5. The molecule has 0 heterocycles. The fourth-order valence-corrected chi connectivity index (χ4v) is 1.45. The largest absolute Gasteiger partial charge is 0.492 e. The summed E-state index contributed by atoms with van der Waals surface area (Å²) in [6, 6.07) is 5.47. The molecule has 0 spiro atoms. The first kappa shape index (κ1) is 10.8. The number of ether oxygens (including phenoxy) is 1. The third-order valence-electron chi connectivity index (χ3n) is 2.49. The summed E-state index contributed by atoms with van der Waals surface area (Å²) in [6.45, 7) is 2.42. The second-order valence-corrected chi connectivity index (χ2v) is 3.93. The van der Waals surface area contributed by atoms with Crippen molar-refractivity contribution in [2.24, 2.45) is 0 Å². The van der Waals surface area contributed by atoms with Crippen LogP contribution in [-0.2, 0) is 0 Å². The molecule has 86 valence electrons. The van der Waals surface area contributed by atoms with E-state index in [-0.39, 0.29) is 5.91 Å². The Morgan fingerprint density at radius 2 is 2.31 bits per heavy atom. The van der Waals surface area contributed by atoms with Gasteiger partial charge in [-0.1, -0.05) is 0 Å². The predicted molar refractivity (Wildman–Crippen MR) is 62.5 cm³/mol. The molecule has 3 N–H and O–H groups in total. The minimum Gasteiger partial charge on any atom is -0.492 e. The van der Waals surface area contributed by atoms with E-state index in [0.29, 0.717) is 29.6 Å². The topological polar surface area (TPSA) is 64.3 Å². The van der Waals surface area contributed by atoms with Gasteiger partial charge in [-0.15, -0.1) is 0 Å². The van der Waals surface area contributed by atoms with Gasteiger partial charge in [-0.3, -0.25) is 4.79 Å². The van der Waals surface area contributed by atoms with E-state index in [1.807, 2.05) is 6.92 Å². The lowest BCUT2D eigenvalue weighted by molar-refractivity contribution is 0.0950. The number of rotatable bonds is 4. The highest BCUT2D eigenvalue weighted by molar-refractivity contribution is 5.95. The molecule has 1 saturated carbocycles. The summed E-state index contributed by atoms with van der Waals surface area (Å²) in [5.41, 5.74) is 6.89. The van der Waals surface area contributed by atoms with Crippen molar-refractivity contribution >= 4 is 11.6 Å². The molecule has 1 aromatic carbocycles. The number of benzene rings is 1. The van der Waals surface area contributed by atoms with Gasteiger partial charge in [0.15, 0.2) is 0 Å². The van der Waals surface area contributed by atoms with Gasteiger partial charge in [-0.05, 0) is 38.0 Å². The molecule has 1 aromatic rings. The Kier molecular flexibility index (Phi) is 2.99. The fraction of sp³-hybridized carbons (Fsp3) is 0.417. The van der Waals surface area contributed by atoms with Gasteiger partial charge >= 0.3 is 0 Å². The van der Waals surface area contributed by atoms with Crippen LogP contribution >= 0.6 is 0 Å². The molecule has 0 aliphatic heterocycles. The Balaban J connectivity index is 2.13. The molecule has 0 saturated heterocycles. The fourth-order valence-electron chi connectivity index (χ4n) is 1.45. The average molecular weight is 220 g/mol. The second-order valence-electron chi connectivity index (χ2n) is 3.93. The minimum atomic E-state index is -0.0524. The van der Waals surface area contributed by atoms with Crippen molar-refractivity contribution in [1.29, 1.82) is 0 Å². The summed E-state index contributed by atoms with van der Waals surface area (Å²) >= 11 is 0. The monoisotopic (exact) mass is 220 g/mol. The lowest BCUT2D eigenvalue weighted by Crippen LogP contribution is -2.25. The summed E-state index contributed by atoms with van der Waals surface area (Å²) in [6.07, 6.45) is 2.16. The van der Waals surface area contributed by atoms with Crippen LogP contribution in [0.25, 0.3) is 0 Å². The van der Waals surface area contributed by atoms with Crippen molar-refractivity contribution < 1.29 is 9.53 Å². The Hall–Kier alpha value is -1.71. The second kappa shape index (κ2) is 4.43. The van der Waals surface area contributed by atoms with Crippen molar-refractivity contribution in [2.75, 3.05) is 12.3 Å². The van der Waals surface area contributed by atoms with E-state index in [0.717, 1.165) is 12.8 Å². The molecule has 1 aliphatic carbocycles. The molecule has 0 radical (unpaired) electrons. The van der Waals surface area contributed by atoms with E-state index in [2.05, 4.69) is 5.32 Å². The van der Waals surface area contributed by atoms with Crippen LogP contribution in [0.4, 0.5) is 5.69 Å². The Morgan fingerprint density at radius 3 is 2.94 bits per heavy atom. The van der Waals surface area contributed by atoms with Crippen LogP contribution in [0.2, 0.25) is 0 Å². The molecule has 16 heavy (non-hydrogen) atoms. The molecule has 1 amide bonds. The van der Waals surface area contributed by atoms with Gasteiger partial charge in [0, 0.05) is 11.6 Å². The van der Waals surface area contributed by atoms with Gasteiger partial charge in [0.05, 0.1) is 12.3 Å². The SMILES string of the molecule is CCOc1cc(C(=O)NC2CC2)ccc1N. The molecule has 4 nitrogen and oxygen atoms in total. The molecule has 2 rings (SSSR count). The lowest BCUT2D eigenvalue weighted by atomic mass is 10.2. The van der Waals surface area contributed by atoms with Crippen LogP contribution in [0.3, 0.4) is 0 Å². The molecule has 0 atom stereocenters. The van der Waals surface area contributed by atoms with E-state index in [9.17, 15) is 4.79 Å².